The van der Waals surface area contributed by atoms with Crippen LogP contribution in [0, 0.1) is 0 Å². The summed E-state index contributed by atoms with van der Waals surface area (Å²) in [6.45, 7) is 0.576. The molecule has 1 amide bonds. The van der Waals surface area contributed by atoms with Gasteiger partial charge >= 0.3 is 0 Å². The number of rotatable bonds is 6. The molecule has 3 rings (SSSR count). The van der Waals surface area contributed by atoms with Gasteiger partial charge in [-0.3, -0.25) is 10.1 Å². The van der Waals surface area contributed by atoms with E-state index in [1.54, 1.807) is 12.0 Å². The van der Waals surface area contributed by atoms with Gasteiger partial charge in [-0.25, -0.2) is 0 Å². The van der Waals surface area contributed by atoms with Crippen molar-refractivity contribution in [2.24, 2.45) is 0 Å². The minimum absolute atomic E-state index is 0.00822. The van der Waals surface area contributed by atoms with Gasteiger partial charge in [0.2, 0.25) is 5.91 Å². The number of methoxy groups -OCH3 is 1. The Morgan fingerprint density at radius 3 is 2.62 bits per heavy atom. The standard InChI is InChI=1S/C19H22N2O3/c1-24-18-10-6-5-9-17(18)21-12-11-15(19(21)23)20-16(13-22)14-7-3-2-4-8-14/h2-10,15-16,20,22H,11-13H2,1H3/t15?,16-/m1/s1. The van der Waals surface area contributed by atoms with Crippen LogP contribution in [0.3, 0.4) is 0 Å². The van der Waals surface area contributed by atoms with Gasteiger partial charge in [-0.15, -0.1) is 0 Å². The van der Waals surface area contributed by atoms with Crippen molar-refractivity contribution in [2.75, 3.05) is 25.2 Å². The lowest BCUT2D eigenvalue weighted by Gasteiger charge is -2.22. The number of ether oxygens (including phenoxy) is 1. The molecule has 2 N–H and O–H groups in total. The Bertz CT molecular complexity index is 690. The number of hydrogen-bond donors (Lipinski definition) is 2. The number of benzene rings is 2. The van der Waals surface area contributed by atoms with Crippen LogP contribution in [-0.4, -0.2) is 37.3 Å². The van der Waals surface area contributed by atoms with Crippen molar-refractivity contribution < 1.29 is 14.6 Å². The van der Waals surface area contributed by atoms with Crippen molar-refractivity contribution in [1.29, 1.82) is 0 Å². The topological polar surface area (TPSA) is 61.8 Å². The first kappa shape index (κ1) is 16.5. The summed E-state index contributed by atoms with van der Waals surface area (Å²) in [5, 5.41) is 13.0. The Morgan fingerprint density at radius 2 is 1.92 bits per heavy atom. The molecule has 5 heteroatoms. The number of aliphatic hydroxyl groups excluding tert-OH is 1. The lowest BCUT2D eigenvalue weighted by Crippen LogP contribution is -2.41. The third kappa shape index (κ3) is 3.27. The second-order valence-corrected chi connectivity index (χ2v) is 5.82. The first-order chi connectivity index (χ1) is 11.7. The second-order valence-electron chi connectivity index (χ2n) is 5.82. The van der Waals surface area contributed by atoms with Gasteiger partial charge in [0.05, 0.1) is 31.5 Å². The number of carbonyl (C=O) groups is 1. The first-order valence-electron chi connectivity index (χ1n) is 8.11. The van der Waals surface area contributed by atoms with Crippen molar-refractivity contribution in [1.82, 2.24) is 5.32 Å². The molecular formula is C19H22N2O3. The number of hydrogen-bond acceptors (Lipinski definition) is 4. The number of amides is 1. The van der Waals surface area contributed by atoms with Crippen LogP contribution in [0.1, 0.15) is 18.0 Å². The summed E-state index contributed by atoms with van der Waals surface area (Å²) in [5.41, 5.74) is 1.76. The molecular weight excluding hydrogens is 304 g/mol. The Hall–Kier alpha value is -2.37. The van der Waals surface area contributed by atoms with Crippen LogP contribution in [0.5, 0.6) is 5.75 Å². The Balaban J connectivity index is 1.74. The predicted molar refractivity (Wildman–Crippen MR) is 93.2 cm³/mol. The highest BCUT2D eigenvalue weighted by Crippen LogP contribution is 2.31. The van der Waals surface area contributed by atoms with Crippen LogP contribution in [0.2, 0.25) is 0 Å². The number of nitrogens with zero attached hydrogens (tertiary/aromatic N) is 1. The number of aliphatic hydroxyl groups is 1. The van der Waals surface area contributed by atoms with Gasteiger partial charge in [0.1, 0.15) is 5.75 Å². The third-order valence-corrected chi connectivity index (χ3v) is 4.37. The smallest absolute Gasteiger partial charge is 0.244 e. The molecule has 5 nitrogen and oxygen atoms in total. The Kier molecular flexibility index (Phi) is 5.13. The zero-order chi connectivity index (χ0) is 16.9. The summed E-state index contributed by atoms with van der Waals surface area (Å²) >= 11 is 0. The van der Waals surface area contributed by atoms with Crippen LogP contribution in [0.25, 0.3) is 0 Å². The minimum atomic E-state index is -0.313. The molecule has 126 valence electrons. The van der Waals surface area contributed by atoms with Gasteiger partial charge in [-0.2, -0.15) is 0 Å². The predicted octanol–water partition coefficient (Wildman–Crippen LogP) is 2.12. The molecule has 2 aromatic carbocycles. The number of anilines is 1. The van der Waals surface area contributed by atoms with Crippen LogP contribution in [0.15, 0.2) is 54.6 Å². The summed E-state index contributed by atoms with van der Waals surface area (Å²) in [6, 6.07) is 16.6. The number of para-hydroxylation sites is 2. The van der Waals surface area contributed by atoms with E-state index in [1.165, 1.54) is 0 Å². The highest BCUT2D eigenvalue weighted by molar-refractivity contribution is 6.00. The zero-order valence-electron chi connectivity index (χ0n) is 13.7. The summed E-state index contributed by atoms with van der Waals surface area (Å²) in [4.78, 5) is 14.5. The largest absolute Gasteiger partial charge is 0.495 e. The van der Waals surface area contributed by atoms with Crippen molar-refractivity contribution in [3.05, 3.63) is 60.2 Å². The van der Waals surface area contributed by atoms with E-state index in [9.17, 15) is 9.90 Å². The maximum Gasteiger partial charge on any atom is 0.244 e. The fraction of sp³-hybridized carbons (Fsp3) is 0.316. The van der Waals surface area contributed by atoms with Crippen LogP contribution < -0.4 is 15.0 Å². The van der Waals surface area contributed by atoms with Crippen molar-refractivity contribution in [3.63, 3.8) is 0 Å². The Labute approximate surface area is 141 Å². The minimum Gasteiger partial charge on any atom is -0.495 e. The average molecular weight is 326 g/mol. The molecule has 0 spiro atoms. The molecule has 24 heavy (non-hydrogen) atoms. The van der Waals surface area contributed by atoms with Crippen LogP contribution in [-0.2, 0) is 4.79 Å². The zero-order valence-corrected chi connectivity index (χ0v) is 13.7. The van der Waals surface area contributed by atoms with Gasteiger partial charge in [0, 0.05) is 6.54 Å². The highest BCUT2D eigenvalue weighted by atomic mass is 16.5. The second kappa shape index (κ2) is 7.47. The molecule has 1 aliphatic rings. The lowest BCUT2D eigenvalue weighted by molar-refractivity contribution is -0.119. The average Bonchev–Trinajstić information content (AvgIpc) is 3.00. The summed E-state index contributed by atoms with van der Waals surface area (Å²) in [5.74, 6) is 0.696. The molecule has 1 fully saturated rings. The molecule has 1 aliphatic heterocycles. The quantitative estimate of drug-likeness (QED) is 0.854. The van der Waals surface area contributed by atoms with Crippen molar-refractivity contribution >= 4 is 11.6 Å². The molecule has 0 saturated carbocycles. The van der Waals surface area contributed by atoms with Gasteiger partial charge < -0.3 is 14.7 Å². The van der Waals surface area contributed by atoms with E-state index in [1.807, 2.05) is 54.6 Å². The highest BCUT2D eigenvalue weighted by Gasteiger charge is 2.35. The summed E-state index contributed by atoms with van der Waals surface area (Å²) in [6.07, 6.45) is 0.695. The van der Waals surface area contributed by atoms with E-state index in [-0.39, 0.29) is 24.6 Å². The lowest BCUT2D eigenvalue weighted by atomic mass is 10.1. The Morgan fingerprint density at radius 1 is 1.21 bits per heavy atom. The fourth-order valence-electron chi connectivity index (χ4n) is 3.11. The van der Waals surface area contributed by atoms with Crippen LogP contribution >= 0.6 is 0 Å². The van der Waals surface area contributed by atoms with Crippen molar-refractivity contribution in [2.45, 2.75) is 18.5 Å². The molecule has 0 aliphatic carbocycles. The van der Waals surface area contributed by atoms with Crippen molar-refractivity contribution in [3.8, 4) is 5.75 Å². The molecule has 1 saturated heterocycles. The van der Waals surface area contributed by atoms with Gasteiger partial charge in [-0.05, 0) is 24.1 Å². The molecule has 2 atom stereocenters. The van der Waals surface area contributed by atoms with E-state index in [2.05, 4.69) is 5.32 Å². The van der Waals surface area contributed by atoms with E-state index in [0.717, 1.165) is 11.3 Å². The van der Waals surface area contributed by atoms with Gasteiger partial charge in [0.15, 0.2) is 0 Å². The molecule has 0 radical (unpaired) electrons. The number of carbonyl (C=O) groups excluding carboxylic acids is 1. The first-order valence-corrected chi connectivity index (χ1v) is 8.11. The molecule has 1 heterocycles. The normalized spacial score (nSPS) is 18.7. The molecule has 0 bridgehead atoms. The van der Waals surface area contributed by atoms with E-state index in [0.29, 0.717) is 18.7 Å². The summed E-state index contributed by atoms with van der Waals surface area (Å²) < 4.78 is 5.36. The maximum atomic E-state index is 12.8. The molecule has 1 unspecified atom stereocenters. The SMILES string of the molecule is COc1ccccc1N1CCC(N[C@H](CO)c2ccccc2)C1=O. The maximum absolute atomic E-state index is 12.8. The fourth-order valence-corrected chi connectivity index (χ4v) is 3.11. The molecule has 0 aromatic heterocycles. The monoisotopic (exact) mass is 326 g/mol. The third-order valence-electron chi connectivity index (χ3n) is 4.37. The van der Waals surface area contributed by atoms with E-state index >= 15 is 0 Å². The van der Waals surface area contributed by atoms with Crippen LogP contribution in [0.4, 0.5) is 5.69 Å². The molecule has 2 aromatic rings. The number of nitrogens with one attached hydrogen (secondary N) is 1. The van der Waals surface area contributed by atoms with E-state index < -0.39 is 0 Å². The summed E-state index contributed by atoms with van der Waals surface area (Å²) in [7, 11) is 1.60. The van der Waals surface area contributed by atoms with E-state index in [4.69, 9.17) is 4.74 Å². The van der Waals surface area contributed by atoms with Gasteiger partial charge in [0.25, 0.3) is 0 Å². The van der Waals surface area contributed by atoms with Gasteiger partial charge in [-0.1, -0.05) is 42.5 Å².